The topological polar surface area (TPSA) is 126 Å². The van der Waals surface area contributed by atoms with Crippen LogP contribution in [0.25, 0.3) is 0 Å². The maximum Gasteiger partial charge on any atom is 0.227 e. The SMILES string of the molecule is CC(=O)NC1(c2noc(CCC(=O)Nc3ccc(CC(=O)NC(C)C)cc3)n2)CCCCCC1. The van der Waals surface area contributed by atoms with Crippen molar-refractivity contribution >= 4 is 23.4 Å². The van der Waals surface area contributed by atoms with Crippen molar-refractivity contribution in [1.82, 2.24) is 20.8 Å². The molecule has 3 amide bonds. The van der Waals surface area contributed by atoms with E-state index in [4.69, 9.17) is 4.52 Å². The van der Waals surface area contributed by atoms with Crippen LogP contribution in [-0.2, 0) is 32.8 Å². The zero-order valence-electron chi connectivity index (χ0n) is 20.3. The Labute approximate surface area is 200 Å². The number of nitrogens with zero attached hydrogens (tertiary/aromatic N) is 2. The van der Waals surface area contributed by atoms with Gasteiger partial charge in [-0.3, -0.25) is 14.4 Å². The third-order valence-electron chi connectivity index (χ3n) is 5.89. The maximum atomic E-state index is 12.4. The van der Waals surface area contributed by atoms with E-state index in [9.17, 15) is 14.4 Å². The zero-order valence-corrected chi connectivity index (χ0v) is 20.3. The predicted octanol–water partition coefficient (Wildman–Crippen LogP) is 3.39. The Bertz CT molecular complexity index is 975. The third kappa shape index (κ3) is 7.40. The lowest BCUT2D eigenvalue weighted by Gasteiger charge is -2.30. The molecule has 34 heavy (non-hydrogen) atoms. The van der Waals surface area contributed by atoms with E-state index in [1.165, 1.54) is 6.92 Å². The summed E-state index contributed by atoms with van der Waals surface area (Å²) in [6.45, 7) is 5.35. The monoisotopic (exact) mass is 469 g/mol. The van der Waals surface area contributed by atoms with Gasteiger partial charge in [0, 0.05) is 31.5 Å². The van der Waals surface area contributed by atoms with Crippen LogP contribution in [0, 0.1) is 0 Å². The highest BCUT2D eigenvalue weighted by atomic mass is 16.5. The molecule has 9 nitrogen and oxygen atoms in total. The summed E-state index contributed by atoms with van der Waals surface area (Å²) in [7, 11) is 0. The molecule has 0 bridgehead atoms. The zero-order chi connectivity index (χ0) is 24.6. The number of hydrogen-bond donors (Lipinski definition) is 3. The number of hydrogen-bond acceptors (Lipinski definition) is 6. The number of aryl methyl sites for hydroxylation is 1. The van der Waals surface area contributed by atoms with Crippen molar-refractivity contribution in [2.75, 3.05) is 5.32 Å². The van der Waals surface area contributed by atoms with Gasteiger partial charge in [-0.2, -0.15) is 4.98 Å². The smallest absolute Gasteiger partial charge is 0.227 e. The summed E-state index contributed by atoms with van der Waals surface area (Å²) in [6.07, 6.45) is 6.59. The molecule has 0 aliphatic heterocycles. The van der Waals surface area contributed by atoms with Crippen LogP contribution in [0.5, 0.6) is 0 Å². The Hall–Kier alpha value is -3.23. The Morgan fingerprint density at radius 3 is 2.32 bits per heavy atom. The van der Waals surface area contributed by atoms with Crippen LogP contribution in [0.2, 0.25) is 0 Å². The van der Waals surface area contributed by atoms with Gasteiger partial charge in [-0.25, -0.2) is 0 Å². The van der Waals surface area contributed by atoms with Gasteiger partial charge in [0.2, 0.25) is 23.6 Å². The lowest BCUT2D eigenvalue weighted by Crippen LogP contribution is -2.45. The average molecular weight is 470 g/mol. The summed E-state index contributed by atoms with van der Waals surface area (Å²) in [6, 6.07) is 7.32. The van der Waals surface area contributed by atoms with Crippen LogP contribution >= 0.6 is 0 Å². The first-order chi connectivity index (χ1) is 16.3. The highest BCUT2D eigenvalue weighted by Gasteiger charge is 2.38. The van der Waals surface area contributed by atoms with Crippen molar-refractivity contribution in [3.05, 3.63) is 41.5 Å². The lowest BCUT2D eigenvalue weighted by molar-refractivity contribution is -0.122. The molecule has 0 atom stereocenters. The van der Waals surface area contributed by atoms with E-state index in [1.807, 2.05) is 26.0 Å². The molecule has 9 heteroatoms. The largest absolute Gasteiger partial charge is 0.354 e. The molecule has 1 aliphatic rings. The molecule has 0 unspecified atom stereocenters. The maximum absolute atomic E-state index is 12.4. The molecule has 1 heterocycles. The molecule has 3 N–H and O–H groups in total. The Kier molecular flexibility index (Phi) is 8.79. The number of anilines is 1. The molecule has 1 aromatic carbocycles. The van der Waals surface area contributed by atoms with Crippen molar-refractivity contribution in [3.63, 3.8) is 0 Å². The predicted molar refractivity (Wildman–Crippen MR) is 128 cm³/mol. The quantitative estimate of drug-likeness (QED) is 0.483. The van der Waals surface area contributed by atoms with Gasteiger partial charge in [-0.1, -0.05) is 43.0 Å². The number of aromatic nitrogens is 2. The lowest BCUT2D eigenvalue weighted by atomic mass is 9.89. The molecule has 0 radical (unpaired) electrons. The molecule has 1 aromatic heterocycles. The standard InChI is InChI=1S/C25H35N5O4/c1-17(2)26-22(33)16-19-8-10-20(11-9-19)27-21(32)12-13-23-28-24(30-34-23)25(29-18(3)31)14-6-4-5-7-15-25/h8-11,17H,4-7,12-16H2,1-3H3,(H,26,33)(H,27,32)(H,29,31). The minimum atomic E-state index is -0.597. The summed E-state index contributed by atoms with van der Waals surface area (Å²) < 4.78 is 5.42. The van der Waals surface area contributed by atoms with Crippen LogP contribution < -0.4 is 16.0 Å². The highest BCUT2D eigenvalue weighted by Crippen LogP contribution is 2.34. The van der Waals surface area contributed by atoms with E-state index in [1.54, 1.807) is 12.1 Å². The Morgan fingerprint density at radius 1 is 1.03 bits per heavy atom. The number of nitrogens with one attached hydrogen (secondary N) is 3. The molecule has 1 fully saturated rings. The third-order valence-corrected chi connectivity index (χ3v) is 5.89. The first kappa shape index (κ1) is 25.4. The van der Waals surface area contributed by atoms with E-state index in [-0.39, 0.29) is 30.2 Å². The number of carbonyl (C=O) groups excluding carboxylic acids is 3. The Morgan fingerprint density at radius 2 is 1.71 bits per heavy atom. The second-order valence-electron chi connectivity index (χ2n) is 9.33. The molecule has 0 spiro atoms. The van der Waals surface area contributed by atoms with E-state index in [0.29, 0.717) is 30.2 Å². The molecular formula is C25H35N5O4. The number of carbonyl (C=O) groups is 3. The van der Waals surface area contributed by atoms with Gasteiger partial charge in [0.15, 0.2) is 5.82 Å². The molecule has 1 aliphatic carbocycles. The van der Waals surface area contributed by atoms with Gasteiger partial charge in [0.05, 0.1) is 6.42 Å². The second-order valence-corrected chi connectivity index (χ2v) is 9.33. The van der Waals surface area contributed by atoms with E-state index in [0.717, 1.165) is 44.1 Å². The van der Waals surface area contributed by atoms with Crippen molar-refractivity contribution < 1.29 is 18.9 Å². The van der Waals surface area contributed by atoms with Gasteiger partial charge in [-0.15, -0.1) is 0 Å². The first-order valence-corrected chi connectivity index (χ1v) is 12.1. The Balaban J connectivity index is 1.53. The van der Waals surface area contributed by atoms with Crippen molar-refractivity contribution in [3.8, 4) is 0 Å². The van der Waals surface area contributed by atoms with Crippen molar-refractivity contribution in [2.24, 2.45) is 0 Å². The van der Waals surface area contributed by atoms with Crippen LogP contribution in [0.1, 0.15) is 83.0 Å². The summed E-state index contributed by atoms with van der Waals surface area (Å²) >= 11 is 0. The van der Waals surface area contributed by atoms with Gasteiger partial charge in [-0.05, 0) is 44.4 Å². The summed E-state index contributed by atoms with van der Waals surface area (Å²) in [5.41, 5.74) is 0.939. The number of rotatable bonds is 9. The molecule has 1 saturated carbocycles. The minimum absolute atomic E-state index is 0.0326. The van der Waals surface area contributed by atoms with Crippen LogP contribution in [0.15, 0.2) is 28.8 Å². The van der Waals surface area contributed by atoms with E-state index >= 15 is 0 Å². The average Bonchev–Trinajstić information content (AvgIpc) is 3.13. The number of amides is 3. The van der Waals surface area contributed by atoms with Gasteiger partial charge in [0.1, 0.15) is 5.54 Å². The van der Waals surface area contributed by atoms with Crippen LogP contribution in [-0.4, -0.2) is 33.9 Å². The molecule has 184 valence electrons. The number of benzene rings is 1. The van der Waals surface area contributed by atoms with Crippen molar-refractivity contribution in [1.29, 1.82) is 0 Å². The summed E-state index contributed by atoms with van der Waals surface area (Å²) in [4.78, 5) is 40.7. The minimum Gasteiger partial charge on any atom is -0.354 e. The highest BCUT2D eigenvalue weighted by molar-refractivity contribution is 5.90. The molecular weight excluding hydrogens is 434 g/mol. The van der Waals surface area contributed by atoms with Crippen molar-refractivity contribution in [2.45, 2.75) is 90.1 Å². The van der Waals surface area contributed by atoms with E-state index < -0.39 is 5.54 Å². The fraction of sp³-hybridized carbons (Fsp3) is 0.560. The first-order valence-electron chi connectivity index (χ1n) is 12.1. The van der Waals surface area contributed by atoms with Gasteiger partial charge >= 0.3 is 0 Å². The second kappa shape index (κ2) is 11.8. The normalized spacial score (nSPS) is 15.4. The fourth-order valence-corrected chi connectivity index (χ4v) is 4.33. The van der Waals surface area contributed by atoms with E-state index in [2.05, 4.69) is 26.1 Å². The molecule has 3 rings (SSSR count). The molecule has 2 aromatic rings. The fourth-order valence-electron chi connectivity index (χ4n) is 4.33. The molecule has 0 saturated heterocycles. The van der Waals surface area contributed by atoms with Crippen LogP contribution in [0.4, 0.5) is 5.69 Å². The summed E-state index contributed by atoms with van der Waals surface area (Å²) in [5.74, 6) is 0.563. The summed E-state index contributed by atoms with van der Waals surface area (Å²) in [5, 5.41) is 12.9. The van der Waals surface area contributed by atoms with Crippen LogP contribution in [0.3, 0.4) is 0 Å². The van der Waals surface area contributed by atoms with Gasteiger partial charge in [0.25, 0.3) is 0 Å². The van der Waals surface area contributed by atoms with Gasteiger partial charge < -0.3 is 20.5 Å².